The van der Waals surface area contributed by atoms with E-state index in [-0.39, 0.29) is 6.42 Å². The summed E-state index contributed by atoms with van der Waals surface area (Å²) in [5, 5.41) is 3.53. The van der Waals surface area contributed by atoms with Gasteiger partial charge in [0.15, 0.2) is 0 Å². The first-order chi connectivity index (χ1) is 23.2. The van der Waals surface area contributed by atoms with Gasteiger partial charge in [0.25, 0.3) is 0 Å². The van der Waals surface area contributed by atoms with Gasteiger partial charge in [0.05, 0.1) is 11.8 Å². The minimum atomic E-state index is -1.34. The van der Waals surface area contributed by atoms with Crippen molar-refractivity contribution >= 4 is 58.2 Å². The first-order valence-electron chi connectivity index (χ1n) is 15.5. The fraction of sp³-hybridized carbons (Fsp3) is 0.154. The van der Waals surface area contributed by atoms with E-state index in [0.29, 0.717) is 44.5 Å². The molecule has 1 heterocycles. The van der Waals surface area contributed by atoms with Crippen LogP contribution < -0.4 is 10.1 Å². The number of amides is 3. The quantitative estimate of drug-likeness (QED) is 0.138. The molecule has 0 radical (unpaired) electrons. The lowest BCUT2D eigenvalue weighted by atomic mass is 9.54. The molecule has 48 heavy (non-hydrogen) atoms. The number of hydrogen-bond acceptors (Lipinski definition) is 4. The smallest absolute Gasteiger partial charge is 0.248 e. The molecular weight excluding hydrogens is 667 g/mol. The highest BCUT2D eigenvalue weighted by atomic mass is 35.5. The van der Waals surface area contributed by atoms with E-state index in [1.54, 1.807) is 48.5 Å². The van der Waals surface area contributed by atoms with E-state index in [1.165, 1.54) is 0 Å². The molecule has 2 bridgehead atoms. The van der Waals surface area contributed by atoms with Gasteiger partial charge in [-0.25, -0.2) is 0 Å². The van der Waals surface area contributed by atoms with Crippen molar-refractivity contribution in [1.29, 1.82) is 0 Å². The van der Waals surface area contributed by atoms with Crippen molar-refractivity contribution in [2.24, 2.45) is 11.8 Å². The highest BCUT2D eigenvalue weighted by Gasteiger charge is 2.73. The van der Waals surface area contributed by atoms with Crippen molar-refractivity contribution in [2.45, 2.75) is 22.2 Å². The Morgan fingerprint density at radius 2 is 1.10 bits per heavy atom. The Labute approximate surface area is 292 Å². The predicted molar refractivity (Wildman–Crippen MR) is 186 cm³/mol. The van der Waals surface area contributed by atoms with Crippen molar-refractivity contribution in [2.75, 3.05) is 5.32 Å². The van der Waals surface area contributed by atoms with E-state index < -0.39 is 45.3 Å². The molecule has 1 saturated heterocycles. The summed E-state index contributed by atoms with van der Waals surface area (Å²) in [5.41, 5.74) is 4.07. The summed E-state index contributed by atoms with van der Waals surface area (Å²) in [4.78, 5) is 42.0. The van der Waals surface area contributed by atoms with E-state index in [1.807, 2.05) is 78.9 Å². The van der Waals surface area contributed by atoms with Gasteiger partial charge in [-0.2, -0.15) is 0 Å². The summed E-state index contributed by atoms with van der Waals surface area (Å²) >= 11 is 21.2. The van der Waals surface area contributed by atoms with Crippen molar-refractivity contribution in [3.05, 3.63) is 160 Å². The van der Waals surface area contributed by atoms with Gasteiger partial charge in [-0.05, 0) is 76.3 Å². The molecule has 1 aliphatic heterocycles. The van der Waals surface area contributed by atoms with Crippen LogP contribution in [0.25, 0.3) is 0 Å². The van der Waals surface area contributed by atoms with Crippen LogP contribution in [0.4, 0.5) is 5.69 Å². The number of likely N-dealkylation sites (tertiary alicyclic amines) is 1. The van der Waals surface area contributed by atoms with Gasteiger partial charge in [-0.3, -0.25) is 19.3 Å². The standard InChI is InChI=1S/C39H27Cl3N2O4/c40-24-14-18-26(19-15-24)48-27-20-16-25(17-21-27)43-35(45)32(22-23-8-2-1-3-9-23)44-36(46)33-34(37(44)47)39(42)29-11-5-4-10-28(29)38(33,41)30-12-6-7-13-31(30)39/h1-21,32-34H,22H2,(H,43,45)/t32-,33-,34+,38?,39?/m0/s1. The van der Waals surface area contributed by atoms with Crippen LogP contribution in [-0.4, -0.2) is 28.7 Å². The second-order valence-electron chi connectivity index (χ2n) is 12.3. The molecule has 238 valence electrons. The molecular formula is C39H27Cl3N2O4. The van der Waals surface area contributed by atoms with Crippen LogP contribution in [0, 0.1) is 11.8 Å². The minimum absolute atomic E-state index is 0.103. The second-order valence-corrected chi connectivity index (χ2v) is 13.9. The molecule has 1 N–H and O–H groups in total. The highest BCUT2D eigenvalue weighted by molar-refractivity contribution is 6.36. The molecule has 5 aromatic rings. The highest BCUT2D eigenvalue weighted by Crippen LogP contribution is 2.69. The van der Waals surface area contributed by atoms with Crippen molar-refractivity contribution in [3.8, 4) is 11.5 Å². The van der Waals surface area contributed by atoms with Gasteiger partial charge in [0.1, 0.15) is 27.3 Å². The Morgan fingerprint density at radius 3 is 1.58 bits per heavy atom. The van der Waals surface area contributed by atoms with Crippen LogP contribution in [-0.2, 0) is 30.6 Å². The number of nitrogens with one attached hydrogen (secondary N) is 1. The molecule has 0 spiro atoms. The van der Waals surface area contributed by atoms with E-state index in [4.69, 9.17) is 39.5 Å². The Balaban J connectivity index is 1.15. The normalized spacial score (nSPS) is 24.0. The van der Waals surface area contributed by atoms with Gasteiger partial charge < -0.3 is 10.1 Å². The zero-order chi connectivity index (χ0) is 33.2. The van der Waals surface area contributed by atoms with Crippen LogP contribution in [0.2, 0.25) is 5.02 Å². The molecule has 3 amide bonds. The van der Waals surface area contributed by atoms with Crippen molar-refractivity contribution in [1.82, 2.24) is 4.90 Å². The molecule has 9 heteroatoms. The largest absolute Gasteiger partial charge is 0.457 e. The van der Waals surface area contributed by atoms with Gasteiger partial charge in [-0.1, -0.05) is 90.5 Å². The predicted octanol–water partition coefficient (Wildman–Crippen LogP) is 8.28. The Kier molecular flexibility index (Phi) is 7.37. The number of rotatable bonds is 7. The zero-order valence-corrected chi connectivity index (χ0v) is 27.5. The molecule has 4 aliphatic rings. The Bertz CT molecular complexity index is 1960. The number of carbonyl (C=O) groups excluding carboxylic acids is 3. The third-order valence-electron chi connectivity index (χ3n) is 9.68. The molecule has 5 aromatic carbocycles. The summed E-state index contributed by atoms with van der Waals surface area (Å²) in [5.74, 6) is -2.40. The Morgan fingerprint density at radius 1 is 0.667 bits per heavy atom. The number of alkyl halides is 2. The fourth-order valence-electron chi connectivity index (χ4n) is 7.61. The first-order valence-corrected chi connectivity index (χ1v) is 16.7. The SMILES string of the molecule is O=C(Nc1ccc(Oc2ccc(Cl)cc2)cc1)[C@H](Cc1ccccc1)N1C(=O)[C@@H]2[C@H](C1=O)C1(Cl)c3ccccc3C2(Cl)c2ccccc21. The maximum Gasteiger partial charge on any atom is 0.248 e. The minimum Gasteiger partial charge on any atom is -0.457 e. The molecule has 0 aromatic heterocycles. The van der Waals surface area contributed by atoms with Crippen LogP contribution in [0.3, 0.4) is 0 Å². The number of imide groups is 1. The maximum atomic E-state index is 14.7. The molecule has 1 fully saturated rings. The average Bonchev–Trinajstić information content (AvgIpc) is 3.38. The molecule has 9 rings (SSSR count). The summed E-state index contributed by atoms with van der Waals surface area (Å²) in [6, 6.07) is 36.9. The summed E-state index contributed by atoms with van der Waals surface area (Å²) in [7, 11) is 0. The summed E-state index contributed by atoms with van der Waals surface area (Å²) < 4.78 is 5.89. The van der Waals surface area contributed by atoms with Gasteiger partial charge >= 0.3 is 0 Å². The van der Waals surface area contributed by atoms with Gasteiger partial charge in [0, 0.05) is 17.1 Å². The van der Waals surface area contributed by atoms with Crippen LogP contribution in [0.5, 0.6) is 11.5 Å². The zero-order valence-electron chi connectivity index (χ0n) is 25.3. The van der Waals surface area contributed by atoms with Crippen molar-refractivity contribution in [3.63, 3.8) is 0 Å². The number of benzene rings is 5. The third-order valence-corrected chi connectivity index (χ3v) is 11.2. The number of ether oxygens (including phenoxy) is 1. The molecule has 0 unspecified atom stereocenters. The number of halogens is 3. The molecule has 0 saturated carbocycles. The van der Waals surface area contributed by atoms with Crippen molar-refractivity contribution < 1.29 is 19.1 Å². The first kappa shape index (κ1) is 30.7. The molecule has 3 aliphatic carbocycles. The summed E-state index contributed by atoms with van der Waals surface area (Å²) in [6.45, 7) is 0. The third kappa shape index (κ3) is 4.58. The number of carbonyl (C=O) groups is 3. The fourth-order valence-corrected chi connectivity index (χ4v) is 8.83. The van der Waals surface area contributed by atoms with Crippen LogP contribution in [0.1, 0.15) is 27.8 Å². The second kappa shape index (κ2) is 11.5. The van der Waals surface area contributed by atoms with E-state index in [0.717, 1.165) is 10.5 Å². The molecule has 3 atom stereocenters. The van der Waals surface area contributed by atoms with Crippen LogP contribution >= 0.6 is 34.8 Å². The number of anilines is 1. The number of nitrogens with zero attached hydrogens (tertiary/aromatic N) is 1. The Hall–Kier alpha value is -4.62. The van der Waals surface area contributed by atoms with E-state index >= 15 is 0 Å². The number of hydrogen-bond donors (Lipinski definition) is 1. The maximum absolute atomic E-state index is 14.7. The lowest BCUT2D eigenvalue weighted by Crippen LogP contribution is -2.57. The van der Waals surface area contributed by atoms with E-state index in [9.17, 15) is 14.4 Å². The van der Waals surface area contributed by atoms with E-state index in [2.05, 4.69) is 5.32 Å². The van der Waals surface area contributed by atoms with Gasteiger partial charge in [-0.15, -0.1) is 23.2 Å². The average molecular weight is 694 g/mol. The lowest BCUT2D eigenvalue weighted by molar-refractivity contribution is -0.146. The topological polar surface area (TPSA) is 75.7 Å². The molecule has 6 nitrogen and oxygen atoms in total. The van der Waals surface area contributed by atoms with Crippen LogP contribution in [0.15, 0.2) is 127 Å². The lowest BCUT2D eigenvalue weighted by Gasteiger charge is -2.54. The van der Waals surface area contributed by atoms with Gasteiger partial charge in [0.2, 0.25) is 17.7 Å². The summed E-state index contributed by atoms with van der Waals surface area (Å²) in [6.07, 6.45) is 0.103. The monoisotopic (exact) mass is 692 g/mol.